The van der Waals surface area contributed by atoms with Crippen LogP contribution in [-0.2, 0) is 14.3 Å². The van der Waals surface area contributed by atoms with Crippen LogP contribution in [0.2, 0.25) is 5.02 Å². The average molecular weight is 512 g/mol. The van der Waals surface area contributed by atoms with E-state index in [1.54, 1.807) is 76.4 Å². The van der Waals surface area contributed by atoms with Crippen molar-refractivity contribution in [3.8, 4) is 11.8 Å². The number of carbonyl (C=O) groups is 2. The molecule has 0 saturated heterocycles. The second-order valence-corrected chi connectivity index (χ2v) is 9.44. The van der Waals surface area contributed by atoms with Crippen LogP contribution in [0.15, 0.2) is 70.4 Å². The first-order valence-electron chi connectivity index (χ1n) is 10.9. The van der Waals surface area contributed by atoms with Crippen molar-refractivity contribution < 1.29 is 19.1 Å². The number of nitriles is 1. The molecule has 1 heterocycles. The number of esters is 1. The Morgan fingerprint density at radius 2 is 1.83 bits per heavy atom. The van der Waals surface area contributed by atoms with Crippen molar-refractivity contribution >= 4 is 40.9 Å². The number of hydrogen-bond donors (Lipinski definition) is 2. The van der Waals surface area contributed by atoms with E-state index in [4.69, 9.17) is 21.1 Å². The SMILES string of the molecule is COc1ccc(NC(=O)CSC2=C(C#N)[C@H](c3ccc(Cl)cc3)C(C(=O)OC(C)C)=C(C)N2)cc1. The zero-order valence-electron chi connectivity index (χ0n) is 19.8. The van der Waals surface area contributed by atoms with Gasteiger partial charge in [-0.25, -0.2) is 4.79 Å². The molecule has 2 aromatic carbocycles. The van der Waals surface area contributed by atoms with E-state index < -0.39 is 11.9 Å². The first-order valence-corrected chi connectivity index (χ1v) is 12.2. The van der Waals surface area contributed by atoms with Crippen molar-refractivity contribution in [1.82, 2.24) is 5.32 Å². The number of methoxy groups -OCH3 is 1. The lowest BCUT2D eigenvalue weighted by atomic mass is 9.82. The molecule has 35 heavy (non-hydrogen) atoms. The molecule has 1 amide bonds. The Morgan fingerprint density at radius 3 is 2.40 bits per heavy atom. The molecule has 0 radical (unpaired) electrons. The highest BCUT2D eigenvalue weighted by atomic mass is 35.5. The summed E-state index contributed by atoms with van der Waals surface area (Å²) in [6, 6.07) is 16.2. The molecule has 0 saturated carbocycles. The molecule has 182 valence electrons. The number of thioether (sulfide) groups is 1. The summed E-state index contributed by atoms with van der Waals surface area (Å²) < 4.78 is 10.6. The topological polar surface area (TPSA) is 100 Å². The number of ether oxygens (including phenoxy) is 2. The molecule has 7 nitrogen and oxygen atoms in total. The summed E-state index contributed by atoms with van der Waals surface area (Å²) in [6.07, 6.45) is -0.319. The molecule has 0 fully saturated rings. The van der Waals surface area contributed by atoms with Gasteiger partial charge >= 0.3 is 5.97 Å². The standard InChI is InChI=1S/C26H26ClN3O4S/c1-15(2)34-26(32)23-16(3)29-25(21(13-28)24(23)17-5-7-18(27)8-6-17)35-14-22(31)30-19-9-11-20(33-4)12-10-19/h5-12,15,24,29H,14H2,1-4H3,(H,30,31)/t24-/m0/s1. The Morgan fingerprint density at radius 1 is 1.17 bits per heavy atom. The fraction of sp³-hybridized carbons (Fsp3) is 0.269. The molecule has 1 aliphatic heterocycles. The van der Waals surface area contributed by atoms with Crippen LogP contribution in [0.3, 0.4) is 0 Å². The van der Waals surface area contributed by atoms with E-state index in [0.29, 0.717) is 38.3 Å². The van der Waals surface area contributed by atoms with Gasteiger partial charge < -0.3 is 20.1 Å². The van der Waals surface area contributed by atoms with Gasteiger partial charge in [-0.1, -0.05) is 35.5 Å². The van der Waals surface area contributed by atoms with Gasteiger partial charge in [0.05, 0.1) is 47.1 Å². The number of rotatable bonds is 8. The van der Waals surface area contributed by atoms with Gasteiger partial charge in [0.2, 0.25) is 5.91 Å². The maximum atomic E-state index is 13.0. The van der Waals surface area contributed by atoms with Crippen LogP contribution < -0.4 is 15.4 Å². The largest absolute Gasteiger partial charge is 0.497 e. The molecule has 9 heteroatoms. The molecule has 0 unspecified atom stereocenters. The average Bonchev–Trinajstić information content (AvgIpc) is 2.82. The molecular formula is C26H26ClN3O4S. The summed E-state index contributed by atoms with van der Waals surface area (Å²) in [5.74, 6) is -0.640. The van der Waals surface area contributed by atoms with Crippen LogP contribution in [0.4, 0.5) is 5.69 Å². The minimum atomic E-state index is -0.656. The molecule has 3 rings (SSSR count). The Bertz CT molecular complexity index is 1200. The van der Waals surface area contributed by atoms with Crippen LogP contribution in [0.5, 0.6) is 5.75 Å². The van der Waals surface area contributed by atoms with Gasteiger partial charge in [0.15, 0.2) is 0 Å². The summed E-state index contributed by atoms with van der Waals surface area (Å²) in [4.78, 5) is 25.6. The van der Waals surface area contributed by atoms with Crippen LogP contribution in [0.25, 0.3) is 0 Å². The zero-order valence-corrected chi connectivity index (χ0v) is 21.4. The van der Waals surface area contributed by atoms with E-state index >= 15 is 0 Å². The summed E-state index contributed by atoms with van der Waals surface area (Å²) in [5, 5.41) is 17.1. The lowest BCUT2D eigenvalue weighted by Gasteiger charge is -2.29. The van der Waals surface area contributed by atoms with Gasteiger partial charge in [-0.2, -0.15) is 5.26 Å². The Balaban J connectivity index is 1.87. The number of nitrogens with zero attached hydrogens (tertiary/aromatic N) is 1. The van der Waals surface area contributed by atoms with Gasteiger partial charge in [0.25, 0.3) is 0 Å². The fourth-order valence-corrected chi connectivity index (χ4v) is 4.59. The van der Waals surface area contributed by atoms with E-state index in [1.165, 1.54) is 11.8 Å². The number of dihydropyridines is 1. The quantitative estimate of drug-likeness (QED) is 0.459. The Hall–Kier alpha value is -3.41. The Kier molecular flexibility index (Phi) is 8.85. The second-order valence-electron chi connectivity index (χ2n) is 8.02. The Labute approximate surface area is 214 Å². The highest BCUT2D eigenvalue weighted by molar-refractivity contribution is 8.03. The summed E-state index contributed by atoms with van der Waals surface area (Å²) in [7, 11) is 1.57. The van der Waals surface area contributed by atoms with Gasteiger partial charge in [-0.15, -0.1) is 0 Å². The van der Waals surface area contributed by atoms with Crippen molar-refractivity contribution in [3.63, 3.8) is 0 Å². The van der Waals surface area contributed by atoms with Gasteiger partial charge in [-0.3, -0.25) is 4.79 Å². The van der Waals surface area contributed by atoms with Crippen LogP contribution >= 0.6 is 23.4 Å². The van der Waals surface area contributed by atoms with Gasteiger partial charge in [-0.05, 0) is 62.7 Å². The molecule has 2 N–H and O–H groups in total. The number of carbonyl (C=O) groups excluding carboxylic acids is 2. The molecule has 1 aliphatic rings. The summed E-state index contributed by atoms with van der Waals surface area (Å²) >= 11 is 7.26. The predicted molar refractivity (Wildman–Crippen MR) is 138 cm³/mol. The smallest absolute Gasteiger partial charge is 0.337 e. The van der Waals surface area contributed by atoms with Gasteiger partial charge in [0.1, 0.15) is 5.75 Å². The minimum absolute atomic E-state index is 0.0614. The third kappa shape index (κ3) is 6.59. The lowest BCUT2D eigenvalue weighted by molar-refractivity contribution is -0.143. The van der Waals surface area contributed by atoms with E-state index in [2.05, 4.69) is 16.7 Å². The monoisotopic (exact) mass is 511 g/mol. The van der Waals surface area contributed by atoms with Crippen LogP contribution in [0, 0.1) is 11.3 Å². The number of benzene rings is 2. The van der Waals surface area contributed by atoms with Crippen molar-refractivity contribution in [1.29, 1.82) is 5.26 Å². The molecule has 0 spiro atoms. The minimum Gasteiger partial charge on any atom is -0.497 e. The van der Waals surface area contributed by atoms with Gasteiger partial charge in [0, 0.05) is 16.4 Å². The maximum absolute atomic E-state index is 13.0. The number of nitrogens with one attached hydrogen (secondary N) is 2. The molecule has 2 aromatic rings. The second kappa shape index (κ2) is 11.8. The molecule has 1 atom stereocenters. The molecule has 0 bridgehead atoms. The van der Waals surface area contributed by atoms with E-state index in [1.807, 2.05) is 0 Å². The number of anilines is 1. The van der Waals surface area contributed by atoms with Crippen molar-refractivity contribution in [2.75, 3.05) is 18.2 Å². The van der Waals surface area contributed by atoms with Crippen molar-refractivity contribution in [3.05, 3.63) is 81.0 Å². The lowest BCUT2D eigenvalue weighted by Crippen LogP contribution is -2.30. The molecule has 0 aromatic heterocycles. The van der Waals surface area contributed by atoms with Crippen molar-refractivity contribution in [2.24, 2.45) is 0 Å². The van der Waals surface area contributed by atoms with Crippen molar-refractivity contribution in [2.45, 2.75) is 32.8 Å². The number of allylic oxidation sites excluding steroid dienone is 2. The highest BCUT2D eigenvalue weighted by Gasteiger charge is 2.36. The third-order valence-electron chi connectivity index (χ3n) is 5.13. The normalized spacial score (nSPS) is 15.4. The fourth-order valence-electron chi connectivity index (χ4n) is 3.57. The number of amides is 1. The predicted octanol–water partition coefficient (Wildman–Crippen LogP) is 5.37. The van der Waals surface area contributed by atoms with Crippen LogP contribution in [0.1, 0.15) is 32.3 Å². The van der Waals surface area contributed by atoms with E-state index in [0.717, 1.165) is 5.56 Å². The summed E-state index contributed by atoms with van der Waals surface area (Å²) in [5.41, 5.74) is 2.60. The number of halogens is 1. The first-order chi connectivity index (χ1) is 16.7. The zero-order chi connectivity index (χ0) is 25.5. The maximum Gasteiger partial charge on any atom is 0.337 e. The van der Waals surface area contributed by atoms with E-state index in [9.17, 15) is 14.9 Å². The molecular weight excluding hydrogens is 486 g/mol. The number of hydrogen-bond acceptors (Lipinski definition) is 7. The first kappa shape index (κ1) is 26.2. The summed E-state index contributed by atoms with van der Waals surface area (Å²) in [6.45, 7) is 5.29. The third-order valence-corrected chi connectivity index (χ3v) is 6.40. The highest BCUT2D eigenvalue weighted by Crippen LogP contribution is 2.41. The molecule has 0 aliphatic carbocycles. The van der Waals surface area contributed by atoms with Crippen LogP contribution in [-0.4, -0.2) is 30.8 Å². The van der Waals surface area contributed by atoms with E-state index in [-0.39, 0.29) is 17.8 Å².